The van der Waals surface area contributed by atoms with E-state index in [2.05, 4.69) is 5.32 Å². The largest absolute Gasteiger partial charge is 0.488 e. The molecule has 0 aliphatic carbocycles. The predicted molar refractivity (Wildman–Crippen MR) is 92.3 cm³/mol. The molecule has 1 aliphatic rings. The van der Waals surface area contributed by atoms with Crippen molar-refractivity contribution in [3.05, 3.63) is 29.8 Å². The van der Waals surface area contributed by atoms with Crippen LogP contribution in [0.25, 0.3) is 0 Å². The summed E-state index contributed by atoms with van der Waals surface area (Å²) in [6.45, 7) is 6.34. The van der Waals surface area contributed by atoms with E-state index in [0.29, 0.717) is 24.0 Å². The maximum atomic E-state index is 12.5. The molecule has 0 saturated carbocycles. The molecule has 130 valence electrons. The lowest BCUT2D eigenvalue weighted by Gasteiger charge is -2.30. The Labute approximate surface area is 143 Å². The highest BCUT2D eigenvalue weighted by Crippen LogP contribution is 2.25. The van der Waals surface area contributed by atoms with E-state index < -0.39 is 18.6 Å². The summed E-state index contributed by atoms with van der Waals surface area (Å²) in [4.78, 5) is 26.6. The molecule has 1 saturated heterocycles. The van der Waals surface area contributed by atoms with Crippen LogP contribution < -0.4 is 10.8 Å². The van der Waals surface area contributed by atoms with Gasteiger partial charge in [0, 0.05) is 18.5 Å². The topological polar surface area (TPSA) is 89.9 Å². The average molecular weight is 332 g/mol. The summed E-state index contributed by atoms with van der Waals surface area (Å²) >= 11 is 0. The minimum atomic E-state index is -1.58. The van der Waals surface area contributed by atoms with Crippen molar-refractivity contribution >= 4 is 24.4 Å². The molecule has 0 bridgehead atoms. The van der Waals surface area contributed by atoms with E-state index in [1.54, 1.807) is 29.2 Å². The molecule has 0 spiro atoms. The molecule has 2 rings (SSSR count). The standard InChI is InChI=1S/C17H25BN2O4/c1-17(2,3)16(22)20-10-6-9-14(20)15(21)19-11-12-7-4-5-8-13(12)18(23)24/h4-5,7-8,14,23-24H,6,9-11H2,1-3H3,(H,19,21). The number of amides is 2. The number of carbonyl (C=O) groups is 2. The highest BCUT2D eigenvalue weighted by atomic mass is 16.4. The third kappa shape index (κ3) is 4.16. The van der Waals surface area contributed by atoms with E-state index in [4.69, 9.17) is 0 Å². The van der Waals surface area contributed by atoms with Crippen LogP contribution in [-0.4, -0.2) is 46.5 Å². The van der Waals surface area contributed by atoms with Crippen molar-refractivity contribution in [2.45, 2.75) is 46.2 Å². The third-order valence-electron chi connectivity index (χ3n) is 4.24. The predicted octanol–water partition coefficient (Wildman–Crippen LogP) is 0.0197. The van der Waals surface area contributed by atoms with E-state index in [-0.39, 0.29) is 18.4 Å². The molecule has 2 amide bonds. The summed E-state index contributed by atoms with van der Waals surface area (Å²) in [7, 11) is -1.58. The lowest BCUT2D eigenvalue weighted by atomic mass is 9.77. The SMILES string of the molecule is CC(C)(C)C(=O)N1CCCC1C(=O)NCc1ccccc1B(O)O. The number of benzene rings is 1. The summed E-state index contributed by atoms with van der Waals surface area (Å²) in [5.41, 5.74) is 0.496. The smallest absolute Gasteiger partial charge is 0.423 e. The summed E-state index contributed by atoms with van der Waals surface area (Å²) in [5, 5.41) is 21.6. The van der Waals surface area contributed by atoms with E-state index in [1.807, 2.05) is 20.8 Å². The highest BCUT2D eigenvalue weighted by molar-refractivity contribution is 6.59. The molecule has 1 aromatic carbocycles. The summed E-state index contributed by atoms with van der Waals surface area (Å²) in [6, 6.07) is 6.38. The zero-order valence-corrected chi connectivity index (χ0v) is 14.5. The first-order valence-electron chi connectivity index (χ1n) is 8.24. The first-order chi connectivity index (χ1) is 11.2. The number of nitrogens with one attached hydrogen (secondary N) is 1. The van der Waals surface area contributed by atoms with Gasteiger partial charge in [-0.2, -0.15) is 0 Å². The highest BCUT2D eigenvalue weighted by Gasteiger charge is 2.38. The van der Waals surface area contributed by atoms with E-state index >= 15 is 0 Å². The monoisotopic (exact) mass is 332 g/mol. The molecule has 1 fully saturated rings. The van der Waals surface area contributed by atoms with Crippen molar-refractivity contribution < 1.29 is 19.6 Å². The first-order valence-corrected chi connectivity index (χ1v) is 8.24. The van der Waals surface area contributed by atoms with Crippen molar-refractivity contribution in [2.75, 3.05) is 6.54 Å². The molecule has 0 aromatic heterocycles. The molecule has 1 aromatic rings. The Kier molecular flexibility index (Phi) is 5.67. The van der Waals surface area contributed by atoms with Crippen LogP contribution in [0.4, 0.5) is 0 Å². The van der Waals surface area contributed by atoms with E-state index in [9.17, 15) is 19.6 Å². The molecular weight excluding hydrogens is 307 g/mol. The minimum absolute atomic E-state index is 0.0219. The Hall–Kier alpha value is -1.86. The summed E-state index contributed by atoms with van der Waals surface area (Å²) in [5.74, 6) is -0.223. The van der Waals surface area contributed by atoms with Gasteiger partial charge in [0.1, 0.15) is 6.04 Å². The molecular formula is C17H25BN2O4. The zero-order chi connectivity index (χ0) is 17.9. The Morgan fingerprint density at radius 2 is 1.96 bits per heavy atom. The second-order valence-electron chi connectivity index (χ2n) is 7.20. The van der Waals surface area contributed by atoms with Gasteiger partial charge in [-0.15, -0.1) is 0 Å². The van der Waals surface area contributed by atoms with Crippen molar-refractivity contribution in [2.24, 2.45) is 5.41 Å². The van der Waals surface area contributed by atoms with Gasteiger partial charge < -0.3 is 20.3 Å². The van der Waals surface area contributed by atoms with Gasteiger partial charge in [-0.3, -0.25) is 9.59 Å². The van der Waals surface area contributed by atoms with Gasteiger partial charge in [0.2, 0.25) is 11.8 Å². The van der Waals surface area contributed by atoms with Crippen LogP contribution in [0.3, 0.4) is 0 Å². The van der Waals surface area contributed by atoms with Crippen molar-refractivity contribution in [3.63, 3.8) is 0 Å². The maximum Gasteiger partial charge on any atom is 0.488 e. The number of hydrogen-bond donors (Lipinski definition) is 3. The Morgan fingerprint density at radius 3 is 2.58 bits per heavy atom. The number of rotatable bonds is 4. The molecule has 1 heterocycles. The molecule has 1 unspecified atom stereocenters. The summed E-state index contributed by atoms with van der Waals surface area (Å²) < 4.78 is 0. The second-order valence-corrected chi connectivity index (χ2v) is 7.20. The van der Waals surface area contributed by atoms with Gasteiger partial charge in [-0.05, 0) is 23.9 Å². The quantitative estimate of drug-likeness (QED) is 0.678. The third-order valence-corrected chi connectivity index (χ3v) is 4.24. The molecule has 1 atom stereocenters. The number of carbonyl (C=O) groups excluding carboxylic acids is 2. The molecule has 0 radical (unpaired) electrons. The molecule has 7 heteroatoms. The van der Waals surface area contributed by atoms with Crippen LogP contribution in [0.1, 0.15) is 39.2 Å². The fraction of sp³-hybridized carbons (Fsp3) is 0.529. The maximum absolute atomic E-state index is 12.5. The molecule has 3 N–H and O–H groups in total. The molecule has 24 heavy (non-hydrogen) atoms. The Bertz CT molecular complexity index is 613. The number of nitrogens with zero attached hydrogens (tertiary/aromatic N) is 1. The Morgan fingerprint density at radius 1 is 1.29 bits per heavy atom. The molecule has 1 aliphatic heterocycles. The first kappa shape index (κ1) is 18.5. The van der Waals surface area contributed by atoms with E-state index in [0.717, 1.165) is 6.42 Å². The van der Waals surface area contributed by atoms with Gasteiger partial charge in [0.25, 0.3) is 0 Å². The fourth-order valence-electron chi connectivity index (χ4n) is 2.96. The van der Waals surface area contributed by atoms with Crippen LogP contribution >= 0.6 is 0 Å². The van der Waals surface area contributed by atoms with Crippen molar-refractivity contribution in [1.29, 1.82) is 0 Å². The van der Waals surface area contributed by atoms with Crippen LogP contribution in [0.15, 0.2) is 24.3 Å². The van der Waals surface area contributed by atoms with Crippen molar-refractivity contribution in [1.82, 2.24) is 10.2 Å². The van der Waals surface area contributed by atoms with Crippen molar-refractivity contribution in [3.8, 4) is 0 Å². The van der Waals surface area contributed by atoms with Gasteiger partial charge in [-0.1, -0.05) is 45.0 Å². The minimum Gasteiger partial charge on any atom is -0.423 e. The van der Waals surface area contributed by atoms with Crippen LogP contribution in [0.5, 0.6) is 0 Å². The lowest BCUT2D eigenvalue weighted by molar-refractivity contribution is -0.144. The lowest BCUT2D eigenvalue weighted by Crippen LogP contribution is -2.49. The average Bonchev–Trinajstić information content (AvgIpc) is 3.00. The Balaban J connectivity index is 2.04. The van der Waals surface area contributed by atoms with Gasteiger partial charge in [-0.25, -0.2) is 0 Å². The number of hydrogen-bond acceptors (Lipinski definition) is 4. The van der Waals surface area contributed by atoms with Gasteiger partial charge in [0.05, 0.1) is 0 Å². The van der Waals surface area contributed by atoms with Crippen LogP contribution in [0.2, 0.25) is 0 Å². The summed E-state index contributed by atoms with van der Waals surface area (Å²) in [6.07, 6.45) is 1.46. The zero-order valence-electron chi connectivity index (χ0n) is 14.5. The fourth-order valence-corrected chi connectivity index (χ4v) is 2.96. The normalized spacial score (nSPS) is 17.7. The van der Waals surface area contributed by atoms with E-state index in [1.165, 1.54) is 0 Å². The van der Waals surface area contributed by atoms with Crippen LogP contribution in [-0.2, 0) is 16.1 Å². The van der Waals surface area contributed by atoms with Crippen LogP contribution in [0, 0.1) is 5.41 Å². The molecule has 6 nitrogen and oxygen atoms in total. The van der Waals surface area contributed by atoms with Gasteiger partial charge in [0.15, 0.2) is 0 Å². The van der Waals surface area contributed by atoms with Gasteiger partial charge >= 0.3 is 7.12 Å². The number of likely N-dealkylation sites (tertiary alicyclic amines) is 1. The second kappa shape index (κ2) is 7.36.